The maximum absolute atomic E-state index is 2.56. The summed E-state index contributed by atoms with van der Waals surface area (Å²) in [6.45, 7) is 0. The average molecular weight is 896 g/mol. The number of fused-ring (bicyclic) bond motifs is 5. The summed E-state index contributed by atoms with van der Waals surface area (Å²) in [4.78, 5) is 2.56. The molecular weight excluding hydrogens is 843 g/mol. The first-order valence-corrected chi connectivity index (χ1v) is 25.2. The summed E-state index contributed by atoms with van der Waals surface area (Å²) in [5, 5.41) is 5.23. The smallest absolute Gasteiger partial charge is 0.0714 e. The molecule has 0 N–H and O–H groups in total. The molecule has 0 spiro atoms. The van der Waals surface area contributed by atoms with Gasteiger partial charge in [-0.3, -0.25) is 0 Å². The van der Waals surface area contributed by atoms with Gasteiger partial charge in [0.1, 0.15) is 0 Å². The molecule has 0 bridgehead atoms. The van der Waals surface area contributed by atoms with Crippen LogP contribution in [0.25, 0.3) is 66.1 Å². The highest BCUT2D eigenvalue weighted by atomic mass is 15.1. The van der Waals surface area contributed by atoms with Gasteiger partial charge in [0.15, 0.2) is 0 Å². The first kappa shape index (κ1) is 41.9. The number of nitrogens with zero attached hydrogens (tertiary/aromatic N) is 1. The van der Waals surface area contributed by atoms with Crippen LogP contribution in [0, 0.1) is 0 Å². The van der Waals surface area contributed by atoms with Gasteiger partial charge in [0.2, 0.25) is 0 Å². The maximum Gasteiger partial charge on any atom is 0.0714 e. The summed E-state index contributed by atoms with van der Waals surface area (Å²) in [7, 11) is 0. The molecule has 334 valence electrons. The molecule has 70 heavy (non-hydrogen) atoms. The third-order valence-electron chi connectivity index (χ3n) is 15.6. The van der Waals surface area contributed by atoms with Crippen molar-refractivity contribution in [3.63, 3.8) is 0 Å². The van der Waals surface area contributed by atoms with Crippen LogP contribution in [0.3, 0.4) is 0 Å². The number of rotatable bonds is 9. The molecule has 2 aliphatic carbocycles. The lowest BCUT2D eigenvalue weighted by atomic mass is 9.68. The Hall–Kier alpha value is -8.26. The number of hydrogen-bond acceptors (Lipinski definition) is 1. The summed E-state index contributed by atoms with van der Waals surface area (Å²) in [5.41, 5.74) is 19.4. The quantitative estimate of drug-likeness (QED) is 0.140. The first-order chi connectivity index (χ1) is 34.8. The zero-order valence-corrected chi connectivity index (χ0v) is 39.3. The minimum Gasteiger partial charge on any atom is -0.309 e. The van der Waals surface area contributed by atoms with E-state index in [1.54, 1.807) is 0 Å². The summed E-state index contributed by atoms with van der Waals surface area (Å²) < 4.78 is 0. The Kier molecular flexibility index (Phi) is 10.6. The number of benzene rings is 11. The molecule has 0 atom stereocenters. The van der Waals surface area contributed by atoms with E-state index in [4.69, 9.17) is 0 Å². The van der Waals surface area contributed by atoms with Crippen LogP contribution >= 0.6 is 0 Å². The molecule has 1 fully saturated rings. The molecular formula is C69H53N. The van der Waals surface area contributed by atoms with E-state index in [1.165, 1.54) is 126 Å². The van der Waals surface area contributed by atoms with Crippen LogP contribution in [0.2, 0.25) is 0 Å². The molecule has 0 aromatic heterocycles. The van der Waals surface area contributed by atoms with Crippen molar-refractivity contribution < 1.29 is 0 Å². The molecule has 0 amide bonds. The highest BCUT2D eigenvalue weighted by Crippen LogP contribution is 2.60. The lowest BCUT2D eigenvalue weighted by molar-refractivity contribution is 0.445. The largest absolute Gasteiger partial charge is 0.309 e. The molecule has 11 aromatic rings. The van der Waals surface area contributed by atoms with Crippen molar-refractivity contribution in [2.45, 2.75) is 43.4 Å². The lowest BCUT2D eigenvalue weighted by Crippen LogP contribution is -2.28. The Bertz CT molecular complexity index is 3630. The molecule has 1 heteroatoms. The average Bonchev–Trinajstić information content (AvgIpc) is 3.75. The summed E-state index contributed by atoms with van der Waals surface area (Å²) in [6, 6.07) is 95.2. The van der Waals surface area contributed by atoms with Gasteiger partial charge in [-0.2, -0.15) is 0 Å². The fraction of sp³-hybridized carbons (Fsp3) is 0.101. The van der Waals surface area contributed by atoms with Crippen molar-refractivity contribution in [1.29, 1.82) is 0 Å². The Labute approximate surface area is 412 Å². The van der Waals surface area contributed by atoms with Crippen LogP contribution in [0.15, 0.2) is 255 Å². The summed E-state index contributed by atoms with van der Waals surface area (Å²) in [6.07, 6.45) is 6.43. The van der Waals surface area contributed by atoms with Gasteiger partial charge < -0.3 is 4.90 Å². The van der Waals surface area contributed by atoms with Crippen LogP contribution in [0.1, 0.15) is 65.8 Å². The highest BCUT2D eigenvalue weighted by Gasteiger charge is 2.47. The van der Waals surface area contributed by atoms with Gasteiger partial charge in [0.25, 0.3) is 0 Å². The van der Waals surface area contributed by atoms with Crippen molar-refractivity contribution in [3.05, 3.63) is 283 Å². The van der Waals surface area contributed by atoms with Gasteiger partial charge in [-0.05, 0) is 126 Å². The van der Waals surface area contributed by atoms with Gasteiger partial charge in [-0.25, -0.2) is 0 Å². The topological polar surface area (TPSA) is 3.24 Å². The van der Waals surface area contributed by atoms with Gasteiger partial charge in [-0.15, -0.1) is 0 Å². The molecule has 2 aliphatic rings. The third kappa shape index (κ3) is 6.91. The Morgan fingerprint density at radius 3 is 1.60 bits per heavy atom. The second-order valence-electron chi connectivity index (χ2n) is 19.3. The van der Waals surface area contributed by atoms with Gasteiger partial charge >= 0.3 is 0 Å². The second kappa shape index (κ2) is 17.7. The standard InChI is InChI=1S/C69H53N/c1-4-20-51(21-5-1)59-34-17-24-53-25-18-35-61(67(53)59)60-31-13-15-38-65(60)70(56-46-44-49(45-47-56)48-40-42-52(43-41-48)58-33-16-23-50-22-10-11-30-57(50)58)66-39-19-37-64-68(66)62-32-12-14-36-63(62)69(64,54-26-6-2-7-27-54)55-28-8-3-9-29-55/h2-3,6-19,22-47,51H,1,4-5,20-21H2. The number of hydrogen-bond donors (Lipinski definition) is 0. The van der Waals surface area contributed by atoms with Crippen molar-refractivity contribution in [1.82, 2.24) is 0 Å². The van der Waals surface area contributed by atoms with Crippen LogP contribution in [-0.2, 0) is 5.41 Å². The zero-order chi connectivity index (χ0) is 46.4. The first-order valence-electron chi connectivity index (χ1n) is 25.2. The molecule has 0 heterocycles. The van der Waals surface area contributed by atoms with E-state index < -0.39 is 5.41 Å². The van der Waals surface area contributed by atoms with Gasteiger partial charge in [0.05, 0.1) is 16.8 Å². The van der Waals surface area contributed by atoms with E-state index in [0.717, 1.165) is 17.1 Å². The molecule has 0 saturated heterocycles. The van der Waals surface area contributed by atoms with Crippen LogP contribution in [-0.4, -0.2) is 0 Å². The van der Waals surface area contributed by atoms with E-state index in [1.807, 2.05) is 0 Å². The predicted molar refractivity (Wildman–Crippen MR) is 296 cm³/mol. The van der Waals surface area contributed by atoms with Crippen molar-refractivity contribution >= 4 is 38.6 Å². The number of para-hydroxylation sites is 1. The van der Waals surface area contributed by atoms with E-state index in [9.17, 15) is 0 Å². The van der Waals surface area contributed by atoms with Gasteiger partial charge in [0, 0.05) is 16.8 Å². The predicted octanol–water partition coefficient (Wildman–Crippen LogP) is 18.9. The van der Waals surface area contributed by atoms with Crippen molar-refractivity contribution in [3.8, 4) is 44.5 Å². The molecule has 1 saturated carbocycles. The Morgan fingerprint density at radius 2 is 0.857 bits per heavy atom. The molecule has 0 unspecified atom stereocenters. The lowest BCUT2D eigenvalue weighted by Gasteiger charge is -2.34. The van der Waals surface area contributed by atoms with Crippen LogP contribution in [0.5, 0.6) is 0 Å². The van der Waals surface area contributed by atoms with E-state index in [2.05, 4.69) is 260 Å². The SMILES string of the molecule is c1ccc(C2(c3ccccc3)c3ccccc3-c3c(N(c4ccc(-c5ccc(-c6cccc7ccccc67)cc5)cc4)c4ccccc4-c4cccc5cccc(C6CCCCC6)c45)cccc32)cc1. The third-order valence-corrected chi connectivity index (χ3v) is 15.6. The van der Waals surface area contributed by atoms with E-state index in [-0.39, 0.29) is 0 Å². The number of anilines is 3. The monoisotopic (exact) mass is 895 g/mol. The fourth-order valence-electron chi connectivity index (χ4n) is 12.4. The van der Waals surface area contributed by atoms with Crippen LogP contribution in [0.4, 0.5) is 17.1 Å². The zero-order valence-electron chi connectivity index (χ0n) is 39.3. The summed E-state index contributed by atoms with van der Waals surface area (Å²) in [5.74, 6) is 0.563. The molecule has 0 aliphatic heterocycles. The highest BCUT2D eigenvalue weighted by molar-refractivity contribution is 6.05. The summed E-state index contributed by atoms with van der Waals surface area (Å²) >= 11 is 0. The molecule has 1 nitrogen and oxygen atoms in total. The Balaban J connectivity index is 1.02. The Morgan fingerprint density at radius 1 is 0.343 bits per heavy atom. The second-order valence-corrected chi connectivity index (χ2v) is 19.3. The van der Waals surface area contributed by atoms with Crippen molar-refractivity contribution in [2.75, 3.05) is 4.90 Å². The van der Waals surface area contributed by atoms with Crippen LogP contribution < -0.4 is 4.90 Å². The van der Waals surface area contributed by atoms with E-state index in [0.29, 0.717) is 5.92 Å². The normalized spacial score (nSPS) is 14.1. The minimum absolute atomic E-state index is 0.526. The molecule has 13 rings (SSSR count). The molecule has 0 radical (unpaired) electrons. The minimum atomic E-state index is -0.526. The van der Waals surface area contributed by atoms with E-state index >= 15 is 0 Å². The maximum atomic E-state index is 2.56. The fourth-order valence-corrected chi connectivity index (χ4v) is 12.4. The van der Waals surface area contributed by atoms with Gasteiger partial charge in [-0.1, -0.05) is 250 Å². The molecule has 11 aromatic carbocycles. The van der Waals surface area contributed by atoms with Crippen molar-refractivity contribution in [2.24, 2.45) is 0 Å².